The summed E-state index contributed by atoms with van der Waals surface area (Å²) in [4.78, 5) is 0. The Morgan fingerprint density at radius 2 is 1.43 bits per heavy atom. The molecular formula is C14H21+. The molecule has 0 bridgehead atoms. The van der Waals surface area contributed by atoms with E-state index in [9.17, 15) is 0 Å². The summed E-state index contributed by atoms with van der Waals surface area (Å²) in [5, 5.41) is 0. The number of benzene rings is 1. The van der Waals surface area contributed by atoms with Gasteiger partial charge in [-0.1, -0.05) is 13.8 Å². The van der Waals surface area contributed by atoms with E-state index in [1.807, 2.05) is 0 Å². The predicted molar refractivity (Wildman–Crippen MR) is 63.3 cm³/mol. The van der Waals surface area contributed by atoms with Gasteiger partial charge in [0.25, 0.3) is 0 Å². The van der Waals surface area contributed by atoms with Crippen molar-refractivity contribution in [2.75, 3.05) is 0 Å². The van der Waals surface area contributed by atoms with Crippen molar-refractivity contribution in [3.8, 4) is 0 Å². The van der Waals surface area contributed by atoms with Crippen molar-refractivity contribution in [3.63, 3.8) is 0 Å². The van der Waals surface area contributed by atoms with Gasteiger partial charge in [-0.3, -0.25) is 0 Å². The first-order chi connectivity index (χ1) is 6.77. The molecule has 0 aromatic heterocycles. The normalized spacial score (nSPS) is 10.2. The minimum atomic E-state index is 1.25. The maximum Gasteiger partial charge on any atom is 0.132 e. The number of hydrogen-bond acceptors (Lipinski definition) is 0. The number of rotatable bonds is 5. The van der Waals surface area contributed by atoms with Gasteiger partial charge in [0.1, 0.15) is 5.56 Å². The van der Waals surface area contributed by atoms with E-state index in [4.69, 9.17) is 0 Å². The molecule has 0 atom stereocenters. The van der Waals surface area contributed by atoms with Crippen LogP contribution in [0.4, 0.5) is 0 Å². The SMILES string of the molecule is CCC[C+](CCC)c1ccc(C)cc1. The van der Waals surface area contributed by atoms with Gasteiger partial charge in [-0.25, -0.2) is 0 Å². The second-order valence-electron chi connectivity index (χ2n) is 3.97. The third-order valence-corrected chi connectivity index (χ3v) is 2.56. The van der Waals surface area contributed by atoms with Gasteiger partial charge in [-0.15, -0.1) is 0 Å². The van der Waals surface area contributed by atoms with E-state index < -0.39 is 0 Å². The molecule has 0 N–H and O–H groups in total. The molecule has 1 aromatic carbocycles. The van der Waals surface area contributed by atoms with Gasteiger partial charge in [-0.05, 0) is 37.5 Å². The topological polar surface area (TPSA) is 0 Å². The fourth-order valence-electron chi connectivity index (χ4n) is 1.81. The molecule has 14 heavy (non-hydrogen) atoms. The molecular weight excluding hydrogens is 168 g/mol. The number of hydrogen-bond donors (Lipinski definition) is 0. The average molecular weight is 189 g/mol. The molecule has 76 valence electrons. The maximum atomic E-state index is 2.26. The summed E-state index contributed by atoms with van der Waals surface area (Å²) < 4.78 is 0. The molecule has 0 unspecified atom stereocenters. The van der Waals surface area contributed by atoms with Crippen LogP contribution < -0.4 is 0 Å². The molecule has 0 aliphatic heterocycles. The first-order valence-electron chi connectivity index (χ1n) is 5.69. The monoisotopic (exact) mass is 189 g/mol. The summed E-state index contributed by atoms with van der Waals surface area (Å²) in [6.07, 6.45) is 5.00. The van der Waals surface area contributed by atoms with Crippen LogP contribution in [0.1, 0.15) is 50.7 Å². The van der Waals surface area contributed by atoms with Crippen LogP contribution in [0.25, 0.3) is 0 Å². The zero-order valence-electron chi connectivity index (χ0n) is 9.64. The van der Waals surface area contributed by atoms with Crippen LogP contribution in [0.5, 0.6) is 0 Å². The summed E-state index contributed by atoms with van der Waals surface area (Å²) in [5.74, 6) is 1.62. The highest BCUT2D eigenvalue weighted by atomic mass is 14.1. The Balaban J connectivity index is 2.71. The molecule has 0 spiro atoms. The summed E-state index contributed by atoms with van der Waals surface area (Å²) in [5.41, 5.74) is 2.79. The summed E-state index contributed by atoms with van der Waals surface area (Å²) in [6, 6.07) is 8.94. The highest BCUT2D eigenvalue weighted by molar-refractivity contribution is 5.32. The highest BCUT2D eigenvalue weighted by Gasteiger charge is 2.16. The van der Waals surface area contributed by atoms with Crippen LogP contribution in [-0.2, 0) is 0 Å². The van der Waals surface area contributed by atoms with Crippen LogP contribution in [0.2, 0.25) is 0 Å². The lowest BCUT2D eigenvalue weighted by Crippen LogP contribution is -1.99. The van der Waals surface area contributed by atoms with Crippen molar-refractivity contribution >= 4 is 0 Å². The molecule has 0 heteroatoms. The minimum Gasteiger partial charge on any atom is -0.0640 e. The fourth-order valence-corrected chi connectivity index (χ4v) is 1.81. The molecule has 0 heterocycles. The zero-order chi connectivity index (χ0) is 10.4. The van der Waals surface area contributed by atoms with Gasteiger partial charge < -0.3 is 0 Å². The van der Waals surface area contributed by atoms with Gasteiger partial charge in [0.05, 0.1) is 0 Å². The predicted octanol–water partition coefficient (Wildman–Crippen LogP) is 4.52. The fraction of sp³-hybridized carbons (Fsp3) is 0.500. The van der Waals surface area contributed by atoms with Crippen LogP contribution in [-0.4, -0.2) is 0 Å². The van der Waals surface area contributed by atoms with E-state index in [-0.39, 0.29) is 0 Å². The van der Waals surface area contributed by atoms with Crippen LogP contribution in [0.15, 0.2) is 24.3 Å². The first-order valence-corrected chi connectivity index (χ1v) is 5.69. The minimum absolute atomic E-state index is 1.25. The largest absolute Gasteiger partial charge is 0.132 e. The van der Waals surface area contributed by atoms with Gasteiger partial charge in [0, 0.05) is 30.9 Å². The van der Waals surface area contributed by atoms with Gasteiger partial charge in [0.2, 0.25) is 0 Å². The van der Waals surface area contributed by atoms with Crippen molar-refractivity contribution in [2.24, 2.45) is 0 Å². The summed E-state index contributed by atoms with van der Waals surface area (Å²) in [7, 11) is 0. The Bertz CT molecular complexity index is 239. The van der Waals surface area contributed by atoms with E-state index in [0.29, 0.717) is 0 Å². The van der Waals surface area contributed by atoms with Crippen LogP contribution in [0.3, 0.4) is 0 Å². The van der Waals surface area contributed by atoms with E-state index in [1.165, 1.54) is 36.8 Å². The molecule has 1 rings (SSSR count). The van der Waals surface area contributed by atoms with Gasteiger partial charge in [-0.2, -0.15) is 0 Å². The lowest BCUT2D eigenvalue weighted by Gasteiger charge is -2.08. The van der Waals surface area contributed by atoms with Gasteiger partial charge >= 0.3 is 0 Å². The molecule has 0 radical (unpaired) electrons. The van der Waals surface area contributed by atoms with Gasteiger partial charge in [0.15, 0.2) is 0 Å². The molecule has 0 aliphatic carbocycles. The van der Waals surface area contributed by atoms with Crippen molar-refractivity contribution in [2.45, 2.75) is 46.5 Å². The summed E-state index contributed by atoms with van der Waals surface area (Å²) >= 11 is 0. The zero-order valence-corrected chi connectivity index (χ0v) is 9.64. The smallest absolute Gasteiger partial charge is 0.0640 e. The molecule has 0 aliphatic rings. The van der Waals surface area contributed by atoms with E-state index >= 15 is 0 Å². The molecule has 0 saturated carbocycles. The van der Waals surface area contributed by atoms with Crippen molar-refractivity contribution < 1.29 is 0 Å². The van der Waals surface area contributed by atoms with Crippen LogP contribution in [0, 0.1) is 12.8 Å². The van der Waals surface area contributed by atoms with E-state index in [0.717, 1.165) is 0 Å². The summed E-state index contributed by atoms with van der Waals surface area (Å²) in [6.45, 7) is 6.65. The second-order valence-corrected chi connectivity index (χ2v) is 3.97. The maximum absolute atomic E-state index is 2.26. The Hall–Kier alpha value is -0.910. The average Bonchev–Trinajstić information content (AvgIpc) is 2.19. The Morgan fingerprint density at radius 3 is 1.86 bits per heavy atom. The molecule has 0 fully saturated rings. The lowest BCUT2D eigenvalue weighted by atomic mass is 9.90. The third kappa shape index (κ3) is 3.10. The van der Waals surface area contributed by atoms with Crippen LogP contribution >= 0.6 is 0 Å². The Morgan fingerprint density at radius 1 is 0.929 bits per heavy atom. The van der Waals surface area contributed by atoms with Crippen molar-refractivity contribution in [1.29, 1.82) is 0 Å². The Labute approximate surface area is 88.4 Å². The highest BCUT2D eigenvalue weighted by Crippen LogP contribution is 2.25. The third-order valence-electron chi connectivity index (χ3n) is 2.56. The standard InChI is InChI=1S/C14H21/c1-4-6-13(7-5-2)14-10-8-12(3)9-11-14/h8-11H,4-7H2,1-3H3/q+1. The molecule has 0 amide bonds. The van der Waals surface area contributed by atoms with Crippen molar-refractivity contribution in [3.05, 3.63) is 41.3 Å². The van der Waals surface area contributed by atoms with Crippen molar-refractivity contribution in [1.82, 2.24) is 0 Å². The second kappa shape index (κ2) is 5.74. The molecule has 0 nitrogen and oxygen atoms in total. The lowest BCUT2D eigenvalue weighted by molar-refractivity contribution is 0.721. The number of aryl methyl sites for hydroxylation is 1. The quantitative estimate of drug-likeness (QED) is 0.597. The molecule has 0 saturated heterocycles. The Kier molecular flexibility index (Phi) is 4.58. The van der Waals surface area contributed by atoms with E-state index in [2.05, 4.69) is 45.0 Å². The van der Waals surface area contributed by atoms with E-state index in [1.54, 1.807) is 5.92 Å². The first kappa shape index (κ1) is 11.2. The molecule has 1 aromatic rings.